The highest BCUT2D eigenvalue weighted by Crippen LogP contribution is 2.28. The standard InChI is InChI=1S/C8H16FNO/c9-5-6-10-8(7-11)3-1-2-4-8/h10-11H,1-7H2. The zero-order chi connectivity index (χ0) is 8.16. The van der Waals surface area contributed by atoms with Crippen LogP contribution in [-0.4, -0.2) is 30.5 Å². The van der Waals surface area contributed by atoms with Crippen LogP contribution in [-0.2, 0) is 0 Å². The summed E-state index contributed by atoms with van der Waals surface area (Å²) in [5.41, 5.74) is -0.147. The Morgan fingerprint density at radius 2 is 2.00 bits per heavy atom. The maximum Gasteiger partial charge on any atom is 0.102 e. The summed E-state index contributed by atoms with van der Waals surface area (Å²) in [5, 5.41) is 12.1. The molecule has 1 rings (SSSR count). The van der Waals surface area contributed by atoms with Gasteiger partial charge in [-0.05, 0) is 12.8 Å². The number of aliphatic hydroxyl groups is 1. The van der Waals surface area contributed by atoms with E-state index in [1.165, 1.54) is 0 Å². The Labute approximate surface area is 66.8 Å². The first-order valence-corrected chi connectivity index (χ1v) is 4.25. The molecule has 1 fully saturated rings. The molecule has 3 heteroatoms. The highest BCUT2D eigenvalue weighted by Gasteiger charge is 2.31. The molecular weight excluding hydrogens is 145 g/mol. The SMILES string of the molecule is OCC1(NCCF)CCCC1. The number of alkyl halides is 1. The van der Waals surface area contributed by atoms with Crippen LogP contribution in [0.5, 0.6) is 0 Å². The molecule has 2 nitrogen and oxygen atoms in total. The molecule has 2 N–H and O–H groups in total. The monoisotopic (exact) mass is 161 g/mol. The number of aliphatic hydroxyl groups excluding tert-OH is 1. The second kappa shape index (κ2) is 4.02. The van der Waals surface area contributed by atoms with Crippen molar-refractivity contribution in [2.24, 2.45) is 0 Å². The molecule has 0 amide bonds. The maximum atomic E-state index is 11.8. The average molecular weight is 161 g/mol. The molecule has 0 aromatic heterocycles. The van der Waals surface area contributed by atoms with Gasteiger partial charge in [-0.1, -0.05) is 12.8 Å². The summed E-state index contributed by atoms with van der Waals surface area (Å²) in [7, 11) is 0. The molecule has 0 unspecified atom stereocenters. The van der Waals surface area contributed by atoms with Gasteiger partial charge in [0.25, 0.3) is 0 Å². The van der Waals surface area contributed by atoms with Gasteiger partial charge < -0.3 is 10.4 Å². The summed E-state index contributed by atoms with van der Waals surface area (Å²) in [5.74, 6) is 0. The van der Waals surface area contributed by atoms with E-state index < -0.39 is 0 Å². The van der Waals surface area contributed by atoms with E-state index in [2.05, 4.69) is 5.32 Å². The molecule has 11 heavy (non-hydrogen) atoms. The Morgan fingerprint density at radius 3 is 2.45 bits per heavy atom. The van der Waals surface area contributed by atoms with Crippen molar-refractivity contribution in [3.05, 3.63) is 0 Å². The fourth-order valence-corrected chi connectivity index (χ4v) is 1.75. The van der Waals surface area contributed by atoms with Gasteiger partial charge in [0.05, 0.1) is 6.61 Å². The third-order valence-electron chi connectivity index (χ3n) is 2.46. The second-order valence-corrected chi connectivity index (χ2v) is 3.26. The van der Waals surface area contributed by atoms with Crippen LogP contribution in [0.4, 0.5) is 4.39 Å². The quantitative estimate of drug-likeness (QED) is 0.640. The summed E-state index contributed by atoms with van der Waals surface area (Å²) in [6, 6.07) is 0. The van der Waals surface area contributed by atoms with Crippen molar-refractivity contribution >= 4 is 0 Å². The zero-order valence-corrected chi connectivity index (χ0v) is 6.77. The Hall–Kier alpha value is -0.150. The largest absolute Gasteiger partial charge is 0.394 e. The van der Waals surface area contributed by atoms with E-state index in [4.69, 9.17) is 5.11 Å². The molecule has 0 aromatic carbocycles. The highest BCUT2D eigenvalue weighted by atomic mass is 19.1. The summed E-state index contributed by atoms with van der Waals surface area (Å²) >= 11 is 0. The number of halogens is 1. The van der Waals surface area contributed by atoms with Crippen LogP contribution in [0.1, 0.15) is 25.7 Å². The van der Waals surface area contributed by atoms with Gasteiger partial charge in [-0.25, -0.2) is 4.39 Å². The van der Waals surface area contributed by atoms with Crippen molar-refractivity contribution < 1.29 is 9.50 Å². The summed E-state index contributed by atoms with van der Waals surface area (Å²) in [6.07, 6.45) is 4.28. The lowest BCUT2D eigenvalue weighted by Gasteiger charge is -2.27. The minimum Gasteiger partial charge on any atom is -0.394 e. The molecule has 0 bridgehead atoms. The zero-order valence-electron chi connectivity index (χ0n) is 6.77. The van der Waals surface area contributed by atoms with Crippen molar-refractivity contribution in [1.82, 2.24) is 5.32 Å². The average Bonchev–Trinajstić information content (AvgIpc) is 2.50. The van der Waals surface area contributed by atoms with E-state index in [-0.39, 0.29) is 18.8 Å². The lowest BCUT2D eigenvalue weighted by molar-refractivity contribution is 0.162. The van der Waals surface area contributed by atoms with Crippen molar-refractivity contribution in [3.8, 4) is 0 Å². The number of hydrogen-bond donors (Lipinski definition) is 2. The Balaban J connectivity index is 2.33. The van der Waals surface area contributed by atoms with Gasteiger partial charge in [-0.2, -0.15) is 0 Å². The second-order valence-electron chi connectivity index (χ2n) is 3.26. The molecular formula is C8H16FNO. The van der Waals surface area contributed by atoms with E-state index in [9.17, 15) is 4.39 Å². The number of rotatable bonds is 4. The lowest BCUT2D eigenvalue weighted by atomic mass is 9.99. The molecule has 0 aliphatic heterocycles. The van der Waals surface area contributed by atoms with E-state index in [1.807, 2.05) is 0 Å². The van der Waals surface area contributed by atoms with Crippen molar-refractivity contribution in [2.45, 2.75) is 31.2 Å². The summed E-state index contributed by atoms with van der Waals surface area (Å²) in [4.78, 5) is 0. The molecule has 1 saturated carbocycles. The van der Waals surface area contributed by atoms with Crippen LogP contribution in [0.15, 0.2) is 0 Å². The molecule has 0 atom stereocenters. The van der Waals surface area contributed by atoms with Crippen molar-refractivity contribution in [2.75, 3.05) is 19.8 Å². The summed E-state index contributed by atoms with van der Waals surface area (Å²) < 4.78 is 11.8. The number of nitrogens with one attached hydrogen (secondary N) is 1. The first kappa shape index (κ1) is 8.94. The maximum absolute atomic E-state index is 11.8. The Kier molecular flexibility index (Phi) is 3.27. The van der Waals surface area contributed by atoms with Gasteiger partial charge in [-0.3, -0.25) is 0 Å². The molecule has 66 valence electrons. The van der Waals surface area contributed by atoms with Gasteiger partial charge in [0, 0.05) is 12.1 Å². The topological polar surface area (TPSA) is 32.3 Å². The fraction of sp³-hybridized carbons (Fsp3) is 1.00. The van der Waals surface area contributed by atoms with Gasteiger partial charge in [0.2, 0.25) is 0 Å². The third-order valence-corrected chi connectivity index (χ3v) is 2.46. The molecule has 1 aliphatic carbocycles. The predicted octanol–water partition coefficient (Wildman–Crippen LogP) is 0.851. The normalized spacial score (nSPS) is 22.4. The first-order chi connectivity index (χ1) is 5.33. The molecule has 0 heterocycles. The van der Waals surface area contributed by atoms with Gasteiger partial charge >= 0.3 is 0 Å². The van der Waals surface area contributed by atoms with Crippen molar-refractivity contribution in [3.63, 3.8) is 0 Å². The van der Waals surface area contributed by atoms with Crippen LogP contribution < -0.4 is 5.32 Å². The number of hydrogen-bond acceptors (Lipinski definition) is 2. The minimum absolute atomic E-state index is 0.146. The van der Waals surface area contributed by atoms with Crippen LogP contribution in [0.3, 0.4) is 0 Å². The van der Waals surface area contributed by atoms with Crippen LogP contribution in [0, 0.1) is 0 Å². The van der Waals surface area contributed by atoms with Crippen LogP contribution >= 0.6 is 0 Å². The Morgan fingerprint density at radius 1 is 1.36 bits per heavy atom. The predicted molar refractivity (Wildman–Crippen MR) is 42.3 cm³/mol. The minimum atomic E-state index is -0.345. The third kappa shape index (κ3) is 2.14. The molecule has 0 saturated heterocycles. The first-order valence-electron chi connectivity index (χ1n) is 4.25. The molecule has 0 radical (unpaired) electrons. The molecule has 0 aromatic rings. The Bertz CT molecular complexity index is 113. The van der Waals surface area contributed by atoms with Gasteiger partial charge in [-0.15, -0.1) is 0 Å². The lowest BCUT2D eigenvalue weighted by Crippen LogP contribution is -2.46. The van der Waals surface area contributed by atoms with E-state index in [1.54, 1.807) is 0 Å². The molecule has 0 spiro atoms. The van der Waals surface area contributed by atoms with Crippen LogP contribution in [0.2, 0.25) is 0 Å². The van der Waals surface area contributed by atoms with E-state index in [0.29, 0.717) is 6.54 Å². The van der Waals surface area contributed by atoms with Gasteiger partial charge in [0.1, 0.15) is 6.67 Å². The smallest absolute Gasteiger partial charge is 0.102 e. The highest BCUT2D eigenvalue weighted by molar-refractivity contribution is 4.91. The van der Waals surface area contributed by atoms with Crippen molar-refractivity contribution in [1.29, 1.82) is 0 Å². The fourth-order valence-electron chi connectivity index (χ4n) is 1.75. The summed E-state index contributed by atoms with van der Waals surface area (Å²) in [6.45, 7) is 0.176. The van der Waals surface area contributed by atoms with Gasteiger partial charge in [0.15, 0.2) is 0 Å². The van der Waals surface area contributed by atoms with E-state index >= 15 is 0 Å². The van der Waals surface area contributed by atoms with E-state index in [0.717, 1.165) is 25.7 Å². The van der Waals surface area contributed by atoms with Crippen LogP contribution in [0.25, 0.3) is 0 Å². The molecule has 1 aliphatic rings.